The molecule has 2 amide bonds. The molecule has 0 bridgehead atoms. The lowest BCUT2D eigenvalue weighted by Crippen LogP contribution is -2.36. The summed E-state index contributed by atoms with van der Waals surface area (Å²) in [6, 6.07) is 11.8. The molecule has 126 valence electrons. The zero-order valence-electron chi connectivity index (χ0n) is 13.0. The molecule has 1 heterocycles. The van der Waals surface area contributed by atoms with E-state index >= 15 is 0 Å². The lowest BCUT2D eigenvalue weighted by Gasteiger charge is -2.26. The molecule has 2 aromatic carbocycles. The lowest BCUT2D eigenvalue weighted by atomic mass is 10.0. The quantitative estimate of drug-likeness (QED) is 0.793. The van der Waals surface area contributed by atoms with E-state index in [0.29, 0.717) is 22.6 Å². The second kappa shape index (κ2) is 6.57. The summed E-state index contributed by atoms with van der Waals surface area (Å²) in [6.07, 6.45) is 0.365. The van der Waals surface area contributed by atoms with Gasteiger partial charge in [0.05, 0.1) is 16.7 Å². The van der Waals surface area contributed by atoms with E-state index in [1.807, 2.05) is 25.1 Å². The number of carbonyl (C=O) groups excluding carboxylic acids is 1. The number of amides is 2. The minimum absolute atomic E-state index is 0.0326. The Kier molecular flexibility index (Phi) is 4.64. The summed E-state index contributed by atoms with van der Waals surface area (Å²) in [4.78, 5) is 12.6. The van der Waals surface area contributed by atoms with Gasteiger partial charge in [0.25, 0.3) is 0 Å². The van der Waals surface area contributed by atoms with E-state index in [1.165, 1.54) is 0 Å². The number of sulfone groups is 1. The van der Waals surface area contributed by atoms with E-state index < -0.39 is 9.84 Å². The standard InChI is InChI=1S/C17H17BrN2O3S/c1-11-6-7-12(18)10-15(11)20-17(21)19-14-8-9-24(22,23)16-5-3-2-4-13(14)16/h2-7,10,14H,8-9H2,1H3,(H2,19,20,21). The fourth-order valence-corrected chi connectivity index (χ4v) is 4.77. The molecule has 0 aromatic heterocycles. The number of benzene rings is 2. The number of aryl methyl sites for hydroxylation is 1. The number of hydrogen-bond donors (Lipinski definition) is 2. The third-order valence-corrected chi connectivity index (χ3v) is 6.37. The van der Waals surface area contributed by atoms with Gasteiger partial charge >= 0.3 is 6.03 Å². The monoisotopic (exact) mass is 408 g/mol. The van der Waals surface area contributed by atoms with Crippen LogP contribution < -0.4 is 10.6 Å². The molecule has 1 atom stereocenters. The molecule has 3 rings (SSSR count). The highest BCUT2D eigenvalue weighted by Crippen LogP contribution is 2.32. The van der Waals surface area contributed by atoms with Gasteiger partial charge in [0.1, 0.15) is 0 Å². The van der Waals surface area contributed by atoms with Gasteiger partial charge in [-0.1, -0.05) is 40.2 Å². The summed E-state index contributed by atoms with van der Waals surface area (Å²) >= 11 is 3.38. The summed E-state index contributed by atoms with van der Waals surface area (Å²) in [6.45, 7) is 1.91. The molecule has 0 radical (unpaired) electrons. The van der Waals surface area contributed by atoms with Crippen molar-refractivity contribution < 1.29 is 13.2 Å². The van der Waals surface area contributed by atoms with Gasteiger partial charge in [0, 0.05) is 10.2 Å². The Morgan fingerprint density at radius 3 is 2.75 bits per heavy atom. The van der Waals surface area contributed by atoms with Crippen LogP contribution in [0.2, 0.25) is 0 Å². The molecule has 0 saturated heterocycles. The van der Waals surface area contributed by atoms with Crippen LogP contribution in [0, 0.1) is 6.92 Å². The van der Waals surface area contributed by atoms with Crippen molar-refractivity contribution in [3.8, 4) is 0 Å². The van der Waals surface area contributed by atoms with E-state index in [4.69, 9.17) is 0 Å². The highest BCUT2D eigenvalue weighted by Gasteiger charge is 2.30. The Morgan fingerprint density at radius 2 is 1.96 bits per heavy atom. The zero-order valence-corrected chi connectivity index (χ0v) is 15.4. The van der Waals surface area contributed by atoms with E-state index in [9.17, 15) is 13.2 Å². The second-order valence-electron chi connectivity index (χ2n) is 5.76. The van der Waals surface area contributed by atoms with Gasteiger partial charge < -0.3 is 10.6 Å². The molecule has 1 unspecified atom stereocenters. The smallest absolute Gasteiger partial charge is 0.319 e. The fourth-order valence-electron chi connectivity index (χ4n) is 2.79. The summed E-state index contributed by atoms with van der Waals surface area (Å²) in [7, 11) is -3.26. The molecule has 7 heteroatoms. The Hall–Kier alpha value is -1.86. The van der Waals surface area contributed by atoms with Crippen molar-refractivity contribution in [2.45, 2.75) is 24.3 Å². The van der Waals surface area contributed by atoms with Gasteiger partial charge in [0.15, 0.2) is 9.84 Å². The highest BCUT2D eigenvalue weighted by atomic mass is 79.9. The van der Waals surface area contributed by atoms with Gasteiger partial charge in [-0.05, 0) is 42.7 Å². The van der Waals surface area contributed by atoms with Crippen molar-refractivity contribution >= 4 is 37.5 Å². The molecule has 2 aromatic rings. The van der Waals surface area contributed by atoms with Crippen LogP contribution in [0.25, 0.3) is 0 Å². The van der Waals surface area contributed by atoms with Crippen molar-refractivity contribution in [3.05, 3.63) is 58.1 Å². The summed E-state index contributed by atoms with van der Waals surface area (Å²) in [5.41, 5.74) is 2.29. The first-order valence-electron chi connectivity index (χ1n) is 7.52. The Bertz CT molecular complexity index is 896. The van der Waals surface area contributed by atoms with Crippen molar-refractivity contribution in [2.75, 3.05) is 11.1 Å². The van der Waals surface area contributed by atoms with Crippen molar-refractivity contribution in [2.24, 2.45) is 0 Å². The van der Waals surface area contributed by atoms with E-state index in [-0.39, 0.29) is 17.8 Å². The SMILES string of the molecule is Cc1ccc(Br)cc1NC(=O)NC1CCS(=O)(=O)c2ccccc21. The van der Waals surface area contributed by atoms with E-state index in [0.717, 1.165) is 10.0 Å². The third-order valence-electron chi connectivity index (χ3n) is 4.06. The fraction of sp³-hybridized carbons (Fsp3) is 0.235. The maximum Gasteiger partial charge on any atom is 0.319 e. The Labute approximate surface area is 149 Å². The maximum atomic E-state index is 12.3. The van der Waals surface area contributed by atoms with Crippen LogP contribution in [0.15, 0.2) is 51.8 Å². The minimum Gasteiger partial charge on any atom is -0.331 e. The topological polar surface area (TPSA) is 75.3 Å². The Balaban J connectivity index is 1.79. The number of rotatable bonds is 2. The summed E-state index contributed by atoms with van der Waals surface area (Å²) < 4.78 is 25.2. The van der Waals surface area contributed by atoms with Gasteiger partial charge in [-0.15, -0.1) is 0 Å². The second-order valence-corrected chi connectivity index (χ2v) is 8.75. The average Bonchev–Trinajstić information content (AvgIpc) is 2.54. The molecule has 0 spiro atoms. The number of urea groups is 1. The maximum absolute atomic E-state index is 12.3. The van der Waals surface area contributed by atoms with Crippen LogP contribution in [0.4, 0.5) is 10.5 Å². The average molecular weight is 409 g/mol. The number of carbonyl (C=O) groups is 1. The molecular weight excluding hydrogens is 392 g/mol. The lowest BCUT2D eigenvalue weighted by molar-refractivity contribution is 0.248. The van der Waals surface area contributed by atoms with E-state index in [1.54, 1.807) is 24.3 Å². The molecule has 1 aliphatic heterocycles. The van der Waals surface area contributed by atoms with Crippen molar-refractivity contribution in [3.63, 3.8) is 0 Å². The number of nitrogens with one attached hydrogen (secondary N) is 2. The molecule has 0 aliphatic carbocycles. The number of anilines is 1. The van der Waals surface area contributed by atoms with Crippen LogP contribution in [0.1, 0.15) is 23.6 Å². The first-order valence-corrected chi connectivity index (χ1v) is 9.97. The molecular formula is C17H17BrN2O3S. The van der Waals surface area contributed by atoms with Crippen LogP contribution in [0.5, 0.6) is 0 Å². The summed E-state index contributed by atoms with van der Waals surface area (Å²) in [5, 5.41) is 5.70. The first kappa shape index (κ1) is 17.0. The zero-order chi connectivity index (χ0) is 17.3. The largest absolute Gasteiger partial charge is 0.331 e. The number of halogens is 1. The Morgan fingerprint density at radius 1 is 1.21 bits per heavy atom. The van der Waals surface area contributed by atoms with Crippen molar-refractivity contribution in [1.29, 1.82) is 0 Å². The minimum atomic E-state index is -3.26. The van der Waals surface area contributed by atoms with Crippen LogP contribution >= 0.6 is 15.9 Å². The molecule has 0 saturated carbocycles. The van der Waals surface area contributed by atoms with Gasteiger partial charge in [-0.2, -0.15) is 0 Å². The normalized spacial score (nSPS) is 18.5. The van der Waals surface area contributed by atoms with Crippen molar-refractivity contribution in [1.82, 2.24) is 5.32 Å². The molecule has 24 heavy (non-hydrogen) atoms. The van der Waals surface area contributed by atoms with Gasteiger partial charge in [-0.3, -0.25) is 0 Å². The molecule has 0 fully saturated rings. The molecule has 5 nitrogen and oxygen atoms in total. The third kappa shape index (κ3) is 3.47. The van der Waals surface area contributed by atoms with Gasteiger partial charge in [0.2, 0.25) is 0 Å². The highest BCUT2D eigenvalue weighted by molar-refractivity contribution is 9.10. The number of hydrogen-bond acceptors (Lipinski definition) is 3. The number of fused-ring (bicyclic) bond motifs is 1. The van der Waals surface area contributed by atoms with Crippen LogP contribution in [0.3, 0.4) is 0 Å². The van der Waals surface area contributed by atoms with Gasteiger partial charge in [-0.25, -0.2) is 13.2 Å². The van der Waals surface area contributed by atoms with Crippen LogP contribution in [-0.4, -0.2) is 20.2 Å². The predicted molar refractivity (Wildman–Crippen MR) is 96.9 cm³/mol. The predicted octanol–water partition coefficient (Wildman–Crippen LogP) is 3.80. The van der Waals surface area contributed by atoms with E-state index in [2.05, 4.69) is 26.6 Å². The molecule has 2 N–H and O–H groups in total. The molecule has 1 aliphatic rings. The van der Waals surface area contributed by atoms with Crippen LogP contribution in [-0.2, 0) is 9.84 Å². The summed E-state index contributed by atoms with van der Waals surface area (Å²) in [5.74, 6) is 0.0326. The first-order chi connectivity index (χ1) is 11.4.